The zero-order valence-electron chi connectivity index (χ0n) is 14.6. The topological polar surface area (TPSA) is 36.2 Å². The van der Waals surface area contributed by atoms with E-state index in [4.69, 9.17) is 5.41 Å². The van der Waals surface area contributed by atoms with Gasteiger partial charge in [-0.05, 0) is 55.1 Å². The number of benzene rings is 2. The van der Waals surface area contributed by atoms with Crippen LogP contribution in [0.2, 0.25) is 0 Å². The molecule has 1 N–H and O–H groups in total. The van der Waals surface area contributed by atoms with E-state index in [0.29, 0.717) is 16.1 Å². The van der Waals surface area contributed by atoms with Gasteiger partial charge >= 0.3 is 0 Å². The number of aliphatic imine (C=N–C) groups is 1. The minimum atomic E-state index is 0.291. The van der Waals surface area contributed by atoms with Gasteiger partial charge in [0.2, 0.25) is 0 Å². The SMILES string of the molecule is Cc1ccc(SC([SH2+])=NC(=N)c2ccc(C3CCCCC3)cc2)cc1. The number of thioether (sulfide) groups is 1. The summed E-state index contributed by atoms with van der Waals surface area (Å²) in [7, 11) is 0. The monoisotopic (exact) mass is 369 g/mol. The molecular formula is C21H25N2S2+. The molecule has 1 fully saturated rings. The average Bonchev–Trinajstić information content (AvgIpc) is 2.64. The molecule has 3 rings (SSSR count). The Morgan fingerprint density at radius 1 is 1.00 bits per heavy atom. The van der Waals surface area contributed by atoms with Crippen LogP contribution >= 0.6 is 11.8 Å². The first-order valence-corrected chi connectivity index (χ1v) is 10.2. The number of nitrogens with zero attached hydrogens (tertiary/aromatic N) is 1. The Kier molecular flexibility index (Phi) is 6.38. The molecule has 1 aliphatic rings. The van der Waals surface area contributed by atoms with E-state index in [1.54, 1.807) is 0 Å². The van der Waals surface area contributed by atoms with Crippen LogP contribution in [0.3, 0.4) is 0 Å². The lowest BCUT2D eigenvalue weighted by Gasteiger charge is -2.22. The predicted molar refractivity (Wildman–Crippen MR) is 114 cm³/mol. The molecule has 0 heterocycles. The van der Waals surface area contributed by atoms with E-state index in [9.17, 15) is 0 Å². The summed E-state index contributed by atoms with van der Waals surface area (Å²) in [5.74, 6) is 0.990. The van der Waals surface area contributed by atoms with Crippen molar-refractivity contribution < 1.29 is 0 Å². The van der Waals surface area contributed by atoms with E-state index in [1.807, 2.05) is 12.1 Å². The van der Waals surface area contributed by atoms with Crippen LogP contribution in [0.4, 0.5) is 0 Å². The number of amidine groups is 1. The second-order valence-corrected chi connectivity index (χ2v) is 8.54. The molecule has 0 saturated heterocycles. The Hall–Kier alpha value is -1.52. The van der Waals surface area contributed by atoms with E-state index < -0.39 is 0 Å². The highest BCUT2D eigenvalue weighted by Crippen LogP contribution is 2.32. The molecule has 0 aliphatic heterocycles. The summed E-state index contributed by atoms with van der Waals surface area (Å²) in [6.45, 7) is 2.07. The molecule has 25 heavy (non-hydrogen) atoms. The van der Waals surface area contributed by atoms with Gasteiger partial charge in [-0.2, -0.15) is 4.99 Å². The van der Waals surface area contributed by atoms with Gasteiger partial charge < -0.3 is 0 Å². The third-order valence-corrected chi connectivity index (χ3v) is 5.92. The Balaban J connectivity index is 1.64. The van der Waals surface area contributed by atoms with Gasteiger partial charge in [-0.25, -0.2) is 0 Å². The second kappa shape index (κ2) is 8.72. The maximum absolute atomic E-state index is 8.24. The fourth-order valence-corrected chi connectivity index (χ4v) is 4.35. The molecule has 0 spiro atoms. The molecule has 0 aromatic heterocycles. The number of hydrogen-bond donors (Lipinski definition) is 1. The van der Waals surface area contributed by atoms with E-state index in [-0.39, 0.29) is 0 Å². The van der Waals surface area contributed by atoms with Gasteiger partial charge in [-0.1, -0.05) is 61.2 Å². The molecule has 1 aliphatic carbocycles. The summed E-state index contributed by atoms with van der Waals surface area (Å²) >= 11 is 5.06. The molecule has 130 valence electrons. The quantitative estimate of drug-likeness (QED) is 0.328. The molecule has 2 nitrogen and oxygen atoms in total. The number of hydrogen-bond acceptors (Lipinski definition) is 2. The van der Waals surface area contributed by atoms with Crippen LogP contribution < -0.4 is 0 Å². The van der Waals surface area contributed by atoms with Gasteiger partial charge in [0.05, 0.1) is 0 Å². The van der Waals surface area contributed by atoms with E-state index >= 15 is 0 Å². The maximum Gasteiger partial charge on any atom is 0.284 e. The van der Waals surface area contributed by atoms with Crippen molar-refractivity contribution in [2.75, 3.05) is 0 Å². The van der Waals surface area contributed by atoms with E-state index in [2.05, 4.69) is 60.9 Å². The normalized spacial score (nSPS) is 16.0. The summed E-state index contributed by atoms with van der Waals surface area (Å²) in [4.78, 5) is 5.49. The lowest BCUT2D eigenvalue weighted by molar-refractivity contribution is 0.443. The predicted octanol–water partition coefficient (Wildman–Crippen LogP) is 5.53. The van der Waals surface area contributed by atoms with Crippen molar-refractivity contribution >= 4 is 34.6 Å². The van der Waals surface area contributed by atoms with Crippen molar-refractivity contribution in [2.24, 2.45) is 4.99 Å². The van der Waals surface area contributed by atoms with Gasteiger partial charge in [0.15, 0.2) is 5.84 Å². The minimum absolute atomic E-state index is 0.291. The molecular weight excluding hydrogens is 344 g/mol. The Labute approximate surface area is 160 Å². The van der Waals surface area contributed by atoms with Crippen molar-refractivity contribution in [1.29, 1.82) is 5.41 Å². The van der Waals surface area contributed by atoms with Crippen LogP contribution in [0.1, 0.15) is 54.7 Å². The van der Waals surface area contributed by atoms with E-state index in [1.165, 1.54) is 55.0 Å². The Morgan fingerprint density at radius 2 is 1.64 bits per heavy atom. The van der Waals surface area contributed by atoms with Gasteiger partial charge in [0.25, 0.3) is 4.38 Å². The van der Waals surface area contributed by atoms with Crippen molar-refractivity contribution in [3.63, 3.8) is 0 Å². The standard InChI is InChI=1S/C21H24N2S2/c1-15-7-13-19(14-8-15)25-21(24)23-20(22)18-11-9-17(10-12-18)16-5-3-2-4-6-16/h7-14,16H,2-6H2,1H3,(H2,22,23,24)/p+1. The molecule has 2 aromatic carbocycles. The first-order chi connectivity index (χ1) is 12.1. The van der Waals surface area contributed by atoms with Crippen LogP contribution in [-0.4, -0.2) is 10.2 Å². The smallest absolute Gasteiger partial charge is 0.282 e. The molecule has 0 unspecified atom stereocenters. The average molecular weight is 370 g/mol. The summed E-state index contributed by atoms with van der Waals surface area (Å²) in [5, 5.41) is 8.24. The third-order valence-electron chi connectivity index (χ3n) is 4.71. The van der Waals surface area contributed by atoms with Crippen molar-refractivity contribution in [2.45, 2.75) is 49.8 Å². The van der Waals surface area contributed by atoms with Gasteiger partial charge in [-0.3, -0.25) is 5.41 Å². The first-order valence-electron chi connectivity index (χ1n) is 8.85. The Bertz CT molecular complexity index is 742. The molecule has 0 amide bonds. The van der Waals surface area contributed by atoms with Gasteiger partial charge in [0.1, 0.15) is 0 Å². The Morgan fingerprint density at radius 3 is 2.28 bits per heavy atom. The zero-order valence-corrected chi connectivity index (χ0v) is 16.4. The summed E-state index contributed by atoms with van der Waals surface area (Å²) in [5.41, 5.74) is 3.51. The number of aryl methyl sites for hydroxylation is 1. The molecule has 0 bridgehead atoms. The van der Waals surface area contributed by atoms with E-state index in [0.717, 1.165) is 10.5 Å². The number of nitrogens with one attached hydrogen (secondary N) is 1. The third kappa shape index (κ3) is 5.23. The van der Waals surface area contributed by atoms with Crippen molar-refractivity contribution in [3.05, 3.63) is 65.2 Å². The molecule has 0 radical (unpaired) electrons. The largest absolute Gasteiger partial charge is 0.284 e. The molecule has 0 atom stereocenters. The van der Waals surface area contributed by atoms with Crippen molar-refractivity contribution in [1.82, 2.24) is 0 Å². The minimum Gasteiger partial charge on any atom is -0.282 e. The molecule has 4 heteroatoms. The summed E-state index contributed by atoms with van der Waals surface area (Å²) < 4.78 is 0.699. The van der Waals surface area contributed by atoms with Crippen LogP contribution in [0.15, 0.2) is 58.4 Å². The first kappa shape index (κ1) is 18.3. The van der Waals surface area contributed by atoms with Gasteiger partial charge in [0, 0.05) is 23.1 Å². The lowest BCUT2D eigenvalue weighted by Crippen LogP contribution is -2.05. The molecule has 1 saturated carbocycles. The fourth-order valence-electron chi connectivity index (χ4n) is 3.26. The summed E-state index contributed by atoms with van der Waals surface area (Å²) in [6, 6.07) is 16.7. The van der Waals surface area contributed by atoms with Crippen molar-refractivity contribution in [3.8, 4) is 0 Å². The highest BCUT2D eigenvalue weighted by atomic mass is 32.2. The van der Waals surface area contributed by atoms with Gasteiger partial charge in [-0.15, -0.1) is 0 Å². The number of rotatable bonds is 3. The summed E-state index contributed by atoms with van der Waals surface area (Å²) in [6.07, 6.45) is 6.66. The van der Waals surface area contributed by atoms with Crippen LogP contribution in [0.5, 0.6) is 0 Å². The fraction of sp³-hybridized carbons (Fsp3) is 0.333. The van der Waals surface area contributed by atoms with Crippen LogP contribution in [0.25, 0.3) is 0 Å². The zero-order chi connectivity index (χ0) is 17.6. The highest BCUT2D eigenvalue weighted by molar-refractivity contribution is 8.27. The second-order valence-electron chi connectivity index (χ2n) is 6.64. The highest BCUT2D eigenvalue weighted by Gasteiger charge is 2.15. The maximum atomic E-state index is 8.24. The molecule has 2 aromatic rings. The lowest BCUT2D eigenvalue weighted by atomic mass is 9.84. The van der Waals surface area contributed by atoms with Crippen LogP contribution in [0, 0.1) is 12.3 Å². The van der Waals surface area contributed by atoms with Crippen LogP contribution in [-0.2, 0) is 12.6 Å².